The van der Waals surface area contributed by atoms with E-state index >= 15 is 0 Å². The molecule has 0 aliphatic rings. The summed E-state index contributed by atoms with van der Waals surface area (Å²) < 4.78 is 31.7. The van der Waals surface area contributed by atoms with Gasteiger partial charge in [-0.1, -0.05) is 0 Å². The van der Waals surface area contributed by atoms with Gasteiger partial charge in [0.25, 0.3) is 0 Å². The molecule has 1 nitrogen and oxygen atoms in total. The van der Waals surface area contributed by atoms with Crippen LogP contribution in [0.4, 0.5) is 8.78 Å². The molecule has 2 rings (SSSR count). The summed E-state index contributed by atoms with van der Waals surface area (Å²) >= 11 is 7.50. The summed E-state index contributed by atoms with van der Waals surface area (Å²) in [5.41, 5.74) is 0.118. The van der Waals surface area contributed by atoms with Gasteiger partial charge in [-0.05, 0) is 29.6 Å². The van der Waals surface area contributed by atoms with Crippen molar-refractivity contribution in [2.75, 3.05) is 7.11 Å². The number of ether oxygens (including phenoxy) is 1. The van der Waals surface area contributed by atoms with Crippen molar-refractivity contribution in [2.24, 2.45) is 0 Å². The molecule has 0 radical (unpaired) electrons. The number of thiophene rings is 1. The lowest BCUT2D eigenvalue weighted by Crippen LogP contribution is -1.98. The minimum absolute atomic E-state index is 0.118. The number of halogens is 3. The Kier molecular flexibility index (Phi) is 3.64. The minimum atomic E-state index is -0.749. The van der Waals surface area contributed by atoms with Crippen LogP contribution in [-0.2, 0) is 0 Å². The van der Waals surface area contributed by atoms with Gasteiger partial charge in [-0.2, -0.15) is 0 Å². The van der Waals surface area contributed by atoms with Crippen molar-refractivity contribution in [2.45, 2.75) is 5.38 Å². The van der Waals surface area contributed by atoms with E-state index in [0.29, 0.717) is 10.6 Å². The van der Waals surface area contributed by atoms with E-state index in [9.17, 15) is 8.78 Å². The molecule has 0 aliphatic carbocycles. The summed E-state index contributed by atoms with van der Waals surface area (Å²) in [7, 11) is 1.51. The number of hydrogen-bond acceptors (Lipinski definition) is 2. The maximum Gasteiger partial charge on any atom is 0.134 e. The molecule has 0 fully saturated rings. The Bertz CT molecular complexity index is 527. The topological polar surface area (TPSA) is 9.23 Å². The highest BCUT2D eigenvalue weighted by molar-refractivity contribution is 7.10. The molecule has 5 heteroatoms. The number of alkyl halides is 1. The summed E-state index contributed by atoms with van der Waals surface area (Å²) in [6.45, 7) is 0. The summed E-state index contributed by atoms with van der Waals surface area (Å²) in [4.78, 5) is 0.665. The second-order valence-corrected chi connectivity index (χ2v) is 4.77. The van der Waals surface area contributed by atoms with Gasteiger partial charge in [0, 0.05) is 5.56 Å². The van der Waals surface area contributed by atoms with Crippen LogP contribution in [0.3, 0.4) is 0 Å². The molecule has 1 aromatic carbocycles. The lowest BCUT2D eigenvalue weighted by atomic mass is 10.1. The van der Waals surface area contributed by atoms with Crippen molar-refractivity contribution in [3.8, 4) is 5.75 Å². The summed E-state index contributed by atoms with van der Waals surface area (Å²) in [6.07, 6.45) is 0. The van der Waals surface area contributed by atoms with E-state index < -0.39 is 17.0 Å². The third-order valence-electron chi connectivity index (χ3n) is 2.34. The molecule has 1 aromatic heterocycles. The zero-order valence-corrected chi connectivity index (χ0v) is 10.5. The molecule has 17 heavy (non-hydrogen) atoms. The van der Waals surface area contributed by atoms with Crippen molar-refractivity contribution in [3.05, 3.63) is 51.7 Å². The molecule has 0 spiro atoms. The molecule has 0 N–H and O–H groups in total. The molecule has 1 atom stereocenters. The molecule has 0 amide bonds. The van der Waals surface area contributed by atoms with E-state index in [2.05, 4.69) is 0 Å². The van der Waals surface area contributed by atoms with Gasteiger partial charge in [0.2, 0.25) is 0 Å². The molecule has 1 unspecified atom stereocenters. The Balaban J connectivity index is 2.43. The maximum absolute atomic E-state index is 13.6. The van der Waals surface area contributed by atoms with E-state index in [1.54, 1.807) is 11.4 Å². The van der Waals surface area contributed by atoms with Crippen molar-refractivity contribution < 1.29 is 13.5 Å². The fourth-order valence-corrected chi connectivity index (χ4v) is 2.79. The van der Waals surface area contributed by atoms with Gasteiger partial charge >= 0.3 is 0 Å². The van der Waals surface area contributed by atoms with Crippen LogP contribution < -0.4 is 4.74 Å². The number of rotatable bonds is 3. The third kappa shape index (κ3) is 2.42. The van der Waals surface area contributed by atoms with E-state index in [0.717, 1.165) is 18.2 Å². The Morgan fingerprint density at radius 1 is 1.29 bits per heavy atom. The quantitative estimate of drug-likeness (QED) is 0.756. The van der Waals surface area contributed by atoms with Gasteiger partial charge in [0.15, 0.2) is 0 Å². The van der Waals surface area contributed by atoms with Crippen LogP contribution in [0.15, 0.2) is 29.6 Å². The lowest BCUT2D eigenvalue weighted by molar-refractivity contribution is 0.412. The number of hydrogen-bond donors (Lipinski definition) is 0. The Morgan fingerprint density at radius 2 is 2.06 bits per heavy atom. The van der Waals surface area contributed by atoms with Gasteiger partial charge in [0.05, 0.1) is 17.4 Å². The van der Waals surface area contributed by atoms with Crippen molar-refractivity contribution in [1.29, 1.82) is 0 Å². The second-order valence-electron chi connectivity index (χ2n) is 3.38. The first-order valence-electron chi connectivity index (χ1n) is 4.84. The van der Waals surface area contributed by atoms with Gasteiger partial charge in [0.1, 0.15) is 17.4 Å². The van der Waals surface area contributed by atoms with Crippen molar-refractivity contribution in [3.63, 3.8) is 0 Å². The van der Waals surface area contributed by atoms with Gasteiger partial charge in [-0.15, -0.1) is 22.9 Å². The molecule has 1 heterocycles. The standard InChI is InChI=1S/C12H9ClF2OS/c1-16-10-4-5-17-12(10)11(13)8-6-7(14)2-3-9(8)15/h2-6,11H,1H3. The first-order chi connectivity index (χ1) is 8.13. The van der Waals surface area contributed by atoms with E-state index in [4.69, 9.17) is 16.3 Å². The zero-order chi connectivity index (χ0) is 12.4. The Labute approximate surface area is 107 Å². The van der Waals surface area contributed by atoms with Crippen molar-refractivity contribution >= 4 is 22.9 Å². The van der Waals surface area contributed by atoms with Gasteiger partial charge < -0.3 is 4.74 Å². The highest BCUT2D eigenvalue weighted by atomic mass is 35.5. The zero-order valence-electron chi connectivity index (χ0n) is 8.91. The first kappa shape index (κ1) is 12.3. The molecule has 0 aliphatic heterocycles. The Hall–Kier alpha value is -1.13. The predicted octanol–water partition coefficient (Wildman–Crippen LogP) is 4.36. The average molecular weight is 275 g/mol. The molecular weight excluding hydrogens is 266 g/mol. The molecule has 90 valence electrons. The van der Waals surface area contributed by atoms with E-state index in [1.807, 2.05) is 0 Å². The molecule has 0 saturated heterocycles. The second kappa shape index (κ2) is 5.02. The van der Waals surface area contributed by atoms with E-state index in [1.165, 1.54) is 18.4 Å². The van der Waals surface area contributed by atoms with Crippen LogP contribution in [0.25, 0.3) is 0 Å². The number of benzene rings is 1. The normalized spacial score (nSPS) is 12.5. The van der Waals surface area contributed by atoms with Gasteiger partial charge in [-0.25, -0.2) is 8.78 Å². The van der Waals surface area contributed by atoms with Gasteiger partial charge in [-0.3, -0.25) is 0 Å². The third-order valence-corrected chi connectivity index (χ3v) is 3.88. The summed E-state index contributed by atoms with van der Waals surface area (Å²) in [5.74, 6) is -0.455. The van der Waals surface area contributed by atoms with Crippen LogP contribution >= 0.6 is 22.9 Å². The molecule has 0 saturated carbocycles. The van der Waals surface area contributed by atoms with Crippen molar-refractivity contribution in [1.82, 2.24) is 0 Å². The first-order valence-corrected chi connectivity index (χ1v) is 6.15. The molecular formula is C12H9ClF2OS. The maximum atomic E-state index is 13.6. The number of methoxy groups -OCH3 is 1. The fourth-order valence-electron chi connectivity index (χ4n) is 1.51. The SMILES string of the molecule is COc1ccsc1C(Cl)c1cc(F)ccc1F. The van der Waals surface area contributed by atoms with Crippen LogP contribution in [-0.4, -0.2) is 7.11 Å². The highest BCUT2D eigenvalue weighted by Crippen LogP contribution is 2.39. The molecule has 0 bridgehead atoms. The molecule has 2 aromatic rings. The lowest BCUT2D eigenvalue weighted by Gasteiger charge is -2.11. The largest absolute Gasteiger partial charge is 0.496 e. The van der Waals surface area contributed by atoms with Crippen LogP contribution in [0.2, 0.25) is 0 Å². The summed E-state index contributed by atoms with van der Waals surface area (Å²) in [6, 6.07) is 4.98. The Morgan fingerprint density at radius 3 is 2.76 bits per heavy atom. The van der Waals surface area contributed by atoms with Crippen LogP contribution in [0.1, 0.15) is 15.8 Å². The average Bonchev–Trinajstić information content (AvgIpc) is 2.79. The van der Waals surface area contributed by atoms with Crippen LogP contribution in [0, 0.1) is 11.6 Å². The highest BCUT2D eigenvalue weighted by Gasteiger charge is 2.20. The monoisotopic (exact) mass is 274 g/mol. The smallest absolute Gasteiger partial charge is 0.134 e. The van der Waals surface area contributed by atoms with E-state index in [-0.39, 0.29) is 5.56 Å². The minimum Gasteiger partial charge on any atom is -0.496 e. The van der Waals surface area contributed by atoms with Crippen LogP contribution in [0.5, 0.6) is 5.75 Å². The summed E-state index contributed by atoms with van der Waals surface area (Å²) in [5, 5.41) is 1.04. The fraction of sp³-hybridized carbons (Fsp3) is 0.167. The predicted molar refractivity (Wildman–Crippen MR) is 64.9 cm³/mol.